The molecule has 2 nitrogen and oxygen atoms in total. The predicted molar refractivity (Wildman–Crippen MR) is 61.0 cm³/mol. The maximum atomic E-state index is 6.09. The van der Waals surface area contributed by atoms with Gasteiger partial charge in [0.2, 0.25) is 0 Å². The molecular formula is C9H10Cl3NO. The molecule has 0 saturated heterocycles. The zero-order valence-corrected chi connectivity index (χ0v) is 10.2. The van der Waals surface area contributed by atoms with Gasteiger partial charge < -0.3 is 4.74 Å². The topological polar surface area (TPSA) is 21.6 Å². The second-order valence-corrected chi connectivity index (χ2v) is 3.93. The van der Waals surface area contributed by atoms with Crippen molar-refractivity contribution in [3.05, 3.63) is 21.5 Å². The van der Waals surface area contributed by atoms with Crippen molar-refractivity contribution in [1.29, 1.82) is 0 Å². The van der Waals surface area contributed by atoms with E-state index in [0.29, 0.717) is 22.4 Å². The molecule has 0 aromatic rings. The minimum absolute atomic E-state index is 0.200. The third-order valence-electron chi connectivity index (χ3n) is 1.91. The Hall–Kier alpha value is -0.180. The first-order chi connectivity index (χ1) is 6.60. The molecule has 0 radical (unpaired) electrons. The van der Waals surface area contributed by atoms with Crippen LogP contribution in [0.15, 0.2) is 26.5 Å². The molecule has 0 aromatic heterocycles. The summed E-state index contributed by atoms with van der Waals surface area (Å²) in [5.41, 5.74) is 0.980. The number of hydrogen-bond donors (Lipinski definition) is 0. The first kappa shape index (κ1) is 11.9. The zero-order valence-electron chi connectivity index (χ0n) is 7.90. The highest BCUT2D eigenvalue weighted by atomic mass is 35.5. The lowest BCUT2D eigenvalue weighted by atomic mass is 10.1. The van der Waals surface area contributed by atoms with E-state index >= 15 is 0 Å². The van der Waals surface area contributed by atoms with Crippen LogP contribution in [0.4, 0.5) is 0 Å². The third-order valence-corrected chi connectivity index (χ3v) is 2.82. The largest absolute Gasteiger partial charge is 0.492 e. The Labute approximate surface area is 98.2 Å². The van der Waals surface area contributed by atoms with Crippen LogP contribution in [-0.2, 0) is 4.74 Å². The van der Waals surface area contributed by atoms with E-state index in [1.165, 1.54) is 7.11 Å². The molecule has 0 spiro atoms. The average molecular weight is 255 g/mol. The fraction of sp³-hybridized carbons (Fsp3) is 0.444. The summed E-state index contributed by atoms with van der Waals surface area (Å²) in [4.78, 5) is 3.95. The van der Waals surface area contributed by atoms with Crippen molar-refractivity contribution in [1.82, 2.24) is 0 Å². The van der Waals surface area contributed by atoms with Crippen molar-refractivity contribution < 1.29 is 4.74 Å². The Morgan fingerprint density at radius 3 is 2.50 bits per heavy atom. The molecule has 0 bridgehead atoms. The van der Waals surface area contributed by atoms with Gasteiger partial charge in [-0.2, -0.15) is 0 Å². The lowest BCUT2D eigenvalue weighted by molar-refractivity contribution is 0.302. The normalized spacial score (nSPS) is 18.2. The molecule has 0 fully saturated rings. The minimum Gasteiger partial charge on any atom is -0.492 e. The molecule has 0 N–H and O–H groups in total. The van der Waals surface area contributed by atoms with E-state index in [0.717, 1.165) is 12.0 Å². The molecule has 78 valence electrons. The highest BCUT2D eigenvalue weighted by molar-refractivity contribution is 6.66. The Balaban J connectivity index is 3.24. The summed E-state index contributed by atoms with van der Waals surface area (Å²) in [6.07, 6.45) is 1.32. The highest BCUT2D eigenvalue weighted by Gasteiger charge is 2.18. The molecule has 0 aromatic carbocycles. The van der Waals surface area contributed by atoms with Crippen LogP contribution in [0.2, 0.25) is 0 Å². The molecule has 1 aliphatic heterocycles. The maximum Gasteiger partial charge on any atom is 0.174 e. The molecule has 0 unspecified atom stereocenters. The van der Waals surface area contributed by atoms with E-state index in [-0.39, 0.29) is 5.16 Å². The summed E-state index contributed by atoms with van der Waals surface area (Å²) < 4.78 is 5.07. The van der Waals surface area contributed by atoms with E-state index in [1.54, 1.807) is 0 Å². The van der Waals surface area contributed by atoms with E-state index < -0.39 is 0 Å². The van der Waals surface area contributed by atoms with Gasteiger partial charge in [0, 0.05) is 6.42 Å². The second kappa shape index (κ2) is 5.06. The number of ether oxygens (including phenoxy) is 1. The molecule has 0 saturated carbocycles. The molecule has 1 heterocycles. The van der Waals surface area contributed by atoms with Crippen molar-refractivity contribution in [3.8, 4) is 0 Å². The number of nitrogens with zero attached hydrogens (tertiary/aromatic N) is 1. The van der Waals surface area contributed by atoms with Crippen molar-refractivity contribution in [3.63, 3.8) is 0 Å². The summed E-state index contributed by atoms with van der Waals surface area (Å²) in [5, 5.41) is 1.14. The van der Waals surface area contributed by atoms with E-state index in [1.807, 2.05) is 6.92 Å². The van der Waals surface area contributed by atoms with Gasteiger partial charge in [-0.1, -0.05) is 41.7 Å². The van der Waals surface area contributed by atoms with Crippen molar-refractivity contribution in [2.75, 3.05) is 7.11 Å². The fourth-order valence-electron chi connectivity index (χ4n) is 1.16. The van der Waals surface area contributed by atoms with Gasteiger partial charge in [-0.25, -0.2) is 4.99 Å². The smallest absolute Gasteiger partial charge is 0.174 e. The van der Waals surface area contributed by atoms with E-state index in [9.17, 15) is 0 Å². The van der Waals surface area contributed by atoms with Crippen LogP contribution in [0.3, 0.4) is 0 Å². The van der Waals surface area contributed by atoms with Gasteiger partial charge in [-0.05, 0) is 12.0 Å². The van der Waals surface area contributed by atoms with Gasteiger partial charge in [0.05, 0.1) is 12.1 Å². The highest BCUT2D eigenvalue weighted by Crippen LogP contribution is 2.32. The van der Waals surface area contributed by atoms with Crippen LogP contribution in [0.5, 0.6) is 0 Å². The Kier molecular flexibility index (Phi) is 4.30. The van der Waals surface area contributed by atoms with Gasteiger partial charge in [-0.15, -0.1) is 0 Å². The van der Waals surface area contributed by atoms with Crippen LogP contribution in [0.25, 0.3) is 0 Å². The van der Waals surface area contributed by atoms with Gasteiger partial charge in [-0.3, -0.25) is 0 Å². The summed E-state index contributed by atoms with van der Waals surface area (Å²) >= 11 is 17.8. The number of halogens is 3. The standard InChI is InChI=1S/C9H10Cl3NO/c1-3-5-4-6(10)13-9(12)8(14-2)7(5)11/h3-4H2,1-2H3. The van der Waals surface area contributed by atoms with Crippen LogP contribution >= 0.6 is 34.8 Å². The van der Waals surface area contributed by atoms with Crippen LogP contribution in [0.1, 0.15) is 19.8 Å². The molecule has 0 amide bonds. The van der Waals surface area contributed by atoms with Gasteiger partial charge in [0.1, 0.15) is 5.17 Å². The van der Waals surface area contributed by atoms with Crippen molar-refractivity contribution in [2.24, 2.45) is 4.99 Å². The fourth-order valence-corrected chi connectivity index (χ4v) is 2.13. The molecule has 5 heteroatoms. The minimum atomic E-state index is 0.200. The van der Waals surface area contributed by atoms with Crippen LogP contribution in [-0.4, -0.2) is 12.3 Å². The first-order valence-electron chi connectivity index (χ1n) is 4.14. The summed E-state index contributed by atoms with van der Waals surface area (Å²) in [5.74, 6) is 0.390. The third kappa shape index (κ3) is 2.44. The van der Waals surface area contributed by atoms with Gasteiger partial charge in [0.25, 0.3) is 0 Å². The number of allylic oxidation sites excluding steroid dienone is 2. The number of methoxy groups -OCH3 is 1. The molecular weight excluding hydrogens is 244 g/mol. The number of rotatable bonds is 2. The van der Waals surface area contributed by atoms with Gasteiger partial charge in [0.15, 0.2) is 10.9 Å². The summed E-state index contributed by atoms with van der Waals surface area (Å²) in [6, 6.07) is 0. The lowest BCUT2D eigenvalue weighted by Crippen LogP contribution is -1.93. The molecule has 1 aliphatic rings. The summed E-state index contributed by atoms with van der Waals surface area (Å²) in [6.45, 7) is 1.99. The molecule has 0 atom stereocenters. The maximum absolute atomic E-state index is 6.09. The quantitative estimate of drug-likeness (QED) is 0.683. The van der Waals surface area contributed by atoms with E-state index in [4.69, 9.17) is 39.5 Å². The SMILES string of the molecule is CCC1=C(Cl)C(OC)=C(Cl)N=C(Cl)C1. The van der Waals surface area contributed by atoms with Crippen molar-refractivity contribution in [2.45, 2.75) is 19.8 Å². The van der Waals surface area contributed by atoms with E-state index in [2.05, 4.69) is 4.99 Å². The lowest BCUT2D eigenvalue weighted by Gasteiger charge is -2.07. The van der Waals surface area contributed by atoms with Gasteiger partial charge >= 0.3 is 0 Å². The van der Waals surface area contributed by atoms with Crippen molar-refractivity contribution >= 4 is 40.0 Å². The molecule has 14 heavy (non-hydrogen) atoms. The Morgan fingerprint density at radius 2 is 2.00 bits per heavy atom. The first-order valence-corrected chi connectivity index (χ1v) is 5.28. The molecule has 1 rings (SSSR count). The second-order valence-electron chi connectivity index (χ2n) is 2.76. The summed E-state index contributed by atoms with van der Waals surface area (Å²) in [7, 11) is 1.50. The van der Waals surface area contributed by atoms with Crippen LogP contribution in [0, 0.1) is 0 Å². The predicted octanol–water partition coefficient (Wildman–Crippen LogP) is 3.98. The number of aliphatic imine (C=N–C) groups is 1. The Morgan fingerprint density at radius 1 is 1.36 bits per heavy atom. The van der Waals surface area contributed by atoms with Crippen LogP contribution < -0.4 is 0 Å². The Bertz CT molecular complexity index is 331. The molecule has 0 aliphatic carbocycles. The zero-order chi connectivity index (χ0) is 10.7. The monoisotopic (exact) mass is 253 g/mol. The average Bonchev–Trinajstić information content (AvgIpc) is 2.23. The number of hydrogen-bond acceptors (Lipinski definition) is 2.